The van der Waals surface area contributed by atoms with Gasteiger partial charge in [0.25, 0.3) is 5.91 Å². The number of nitrogens with one attached hydrogen (secondary N) is 1. The van der Waals surface area contributed by atoms with Crippen molar-refractivity contribution in [3.63, 3.8) is 0 Å². The van der Waals surface area contributed by atoms with Crippen molar-refractivity contribution in [2.75, 3.05) is 0 Å². The lowest BCUT2D eigenvalue weighted by atomic mass is 9.93. The number of hydrogen-bond acceptors (Lipinski definition) is 3. The molecule has 0 radical (unpaired) electrons. The van der Waals surface area contributed by atoms with Crippen LogP contribution in [0.15, 0.2) is 36.5 Å². The number of carbonyl (C=O) groups is 1. The Morgan fingerprint density at radius 2 is 2.00 bits per heavy atom. The smallest absolute Gasteiger partial charge is 0.251 e. The molecule has 1 N–H and O–H groups in total. The predicted octanol–water partition coefficient (Wildman–Crippen LogP) is 3.05. The summed E-state index contributed by atoms with van der Waals surface area (Å²) in [5.74, 6) is -0.00556. The van der Waals surface area contributed by atoms with E-state index < -0.39 is 0 Å². The van der Waals surface area contributed by atoms with Gasteiger partial charge in [0.15, 0.2) is 0 Å². The molecule has 1 atom stereocenters. The third kappa shape index (κ3) is 3.72. The molecule has 1 aliphatic carbocycles. The molecule has 3 aromatic rings. The van der Waals surface area contributed by atoms with Crippen LogP contribution in [0, 0.1) is 13.8 Å². The molecular weight excluding hydrogens is 350 g/mol. The Labute approximate surface area is 165 Å². The van der Waals surface area contributed by atoms with E-state index in [-0.39, 0.29) is 11.9 Å². The summed E-state index contributed by atoms with van der Waals surface area (Å²) < 4.78 is 4.05. The average Bonchev–Trinajstić information content (AvgIpc) is 3.24. The summed E-state index contributed by atoms with van der Waals surface area (Å²) in [5.41, 5.74) is 6.58. The minimum absolute atomic E-state index is 0.00556. The van der Waals surface area contributed by atoms with Gasteiger partial charge in [-0.2, -0.15) is 10.2 Å². The van der Waals surface area contributed by atoms with Crippen molar-refractivity contribution in [2.45, 2.75) is 59.2 Å². The first-order valence-corrected chi connectivity index (χ1v) is 9.98. The summed E-state index contributed by atoms with van der Waals surface area (Å²) in [6.07, 6.45) is 4.73. The number of carbonyl (C=O) groups excluding carboxylic acids is 1. The highest BCUT2D eigenvalue weighted by atomic mass is 16.1. The Morgan fingerprint density at radius 3 is 2.68 bits per heavy atom. The van der Waals surface area contributed by atoms with Crippen LogP contribution >= 0.6 is 0 Å². The predicted molar refractivity (Wildman–Crippen MR) is 108 cm³/mol. The van der Waals surface area contributed by atoms with Gasteiger partial charge in [0.1, 0.15) is 0 Å². The SMILES string of the molecule is CCn1ncc2c1CCC(NC(=O)c1ccc(Cn3nc(C)cc3C)cc1)C2. The quantitative estimate of drug-likeness (QED) is 0.743. The number of aromatic nitrogens is 4. The second-order valence-electron chi connectivity index (χ2n) is 7.63. The molecule has 0 saturated carbocycles. The fourth-order valence-corrected chi connectivity index (χ4v) is 4.02. The van der Waals surface area contributed by atoms with Gasteiger partial charge in [0.05, 0.1) is 18.4 Å². The van der Waals surface area contributed by atoms with E-state index in [9.17, 15) is 4.79 Å². The number of hydrogen-bond donors (Lipinski definition) is 1. The van der Waals surface area contributed by atoms with Crippen molar-refractivity contribution < 1.29 is 4.79 Å². The second-order valence-corrected chi connectivity index (χ2v) is 7.63. The molecule has 0 spiro atoms. The zero-order valence-electron chi connectivity index (χ0n) is 16.8. The molecule has 6 heteroatoms. The molecule has 2 heterocycles. The van der Waals surface area contributed by atoms with Gasteiger partial charge in [0.2, 0.25) is 0 Å². The van der Waals surface area contributed by atoms with Gasteiger partial charge in [-0.15, -0.1) is 0 Å². The Kier molecular flexibility index (Phi) is 5.03. The van der Waals surface area contributed by atoms with Gasteiger partial charge in [-0.25, -0.2) is 0 Å². The highest BCUT2D eigenvalue weighted by molar-refractivity contribution is 5.94. The van der Waals surface area contributed by atoms with Crippen molar-refractivity contribution in [2.24, 2.45) is 0 Å². The Bertz CT molecular complexity index is 983. The molecule has 1 aromatic carbocycles. The maximum Gasteiger partial charge on any atom is 0.251 e. The topological polar surface area (TPSA) is 64.7 Å². The maximum absolute atomic E-state index is 12.7. The van der Waals surface area contributed by atoms with Gasteiger partial charge in [0, 0.05) is 29.5 Å². The monoisotopic (exact) mass is 377 g/mol. The number of benzene rings is 1. The summed E-state index contributed by atoms with van der Waals surface area (Å²) in [6, 6.07) is 10.1. The summed E-state index contributed by atoms with van der Waals surface area (Å²) in [4.78, 5) is 12.7. The Morgan fingerprint density at radius 1 is 1.21 bits per heavy atom. The van der Waals surface area contributed by atoms with Crippen LogP contribution in [0.2, 0.25) is 0 Å². The minimum Gasteiger partial charge on any atom is -0.349 e. The van der Waals surface area contributed by atoms with Crippen molar-refractivity contribution >= 4 is 5.91 Å². The summed E-state index contributed by atoms with van der Waals surface area (Å²) >= 11 is 0. The van der Waals surface area contributed by atoms with E-state index in [1.54, 1.807) is 0 Å². The zero-order chi connectivity index (χ0) is 19.7. The summed E-state index contributed by atoms with van der Waals surface area (Å²) in [7, 11) is 0. The summed E-state index contributed by atoms with van der Waals surface area (Å²) in [5, 5.41) is 12.1. The lowest BCUT2D eigenvalue weighted by Crippen LogP contribution is -2.39. The molecule has 146 valence electrons. The van der Waals surface area contributed by atoms with Crippen LogP contribution in [0.4, 0.5) is 0 Å². The van der Waals surface area contributed by atoms with E-state index >= 15 is 0 Å². The van der Waals surface area contributed by atoms with E-state index in [4.69, 9.17) is 0 Å². The van der Waals surface area contributed by atoms with Gasteiger partial charge in [-0.3, -0.25) is 14.2 Å². The van der Waals surface area contributed by atoms with Crippen LogP contribution in [-0.2, 0) is 25.9 Å². The minimum atomic E-state index is -0.00556. The number of aryl methyl sites for hydroxylation is 3. The van der Waals surface area contributed by atoms with E-state index in [1.165, 1.54) is 11.3 Å². The van der Waals surface area contributed by atoms with Crippen LogP contribution in [0.5, 0.6) is 0 Å². The third-order valence-corrected chi connectivity index (χ3v) is 5.52. The first-order chi connectivity index (χ1) is 13.5. The molecule has 1 amide bonds. The van der Waals surface area contributed by atoms with Crippen LogP contribution in [0.25, 0.3) is 0 Å². The van der Waals surface area contributed by atoms with Gasteiger partial charge in [-0.05, 0) is 69.4 Å². The maximum atomic E-state index is 12.7. The van der Waals surface area contributed by atoms with Gasteiger partial charge < -0.3 is 5.32 Å². The second kappa shape index (κ2) is 7.62. The molecule has 1 aliphatic rings. The standard InChI is InChI=1S/C22H27N5O/c1-4-26-21-10-9-20(12-19(21)13-23-26)24-22(28)18-7-5-17(6-8-18)14-27-16(3)11-15(2)25-27/h5-8,11,13,20H,4,9-10,12,14H2,1-3H3,(H,24,28). The van der Waals surface area contributed by atoms with Crippen LogP contribution in [0.1, 0.15) is 51.9 Å². The lowest BCUT2D eigenvalue weighted by molar-refractivity contribution is 0.0933. The highest BCUT2D eigenvalue weighted by Gasteiger charge is 2.23. The molecular formula is C22H27N5O. The van der Waals surface area contributed by atoms with Crippen LogP contribution < -0.4 is 5.32 Å². The van der Waals surface area contributed by atoms with Crippen molar-refractivity contribution in [1.29, 1.82) is 0 Å². The lowest BCUT2D eigenvalue weighted by Gasteiger charge is -2.24. The molecule has 4 rings (SSSR count). The van der Waals surface area contributed by atoms with E-state index in [2.05, 4.69) is 40.1 Å². The highest BCUT2D eigenvalue weighted by Crippen LogP contribution is 2.21. The van der Waals surface area contributed by atoms with Crippen molar-refractivity contribution in [3.05, 3.63) is 70.3 Å². The third-order valence-electron chi connectivity index (χ3n) is 5.52. The first kappa shape index (κ1) is 18.5. The van der Waals surface area contributed by atoms with E-state index in [0.29, 0.717) is 12.1 Å². The number of fused-ring (bicyclic) bond motifs is 1. The van der Waals surface area contributed by atoms with E-state index in [1.807, 2.05) is 42.1 Å². The Hall–Kier alpha value is -2.89. The number of amides is 1. The van der Waals surface area contributed by atoms with Crippen molar-refractivity contribution in [3.8, 4) is 0 Å². The zero-order valence-corrected chi connectivity index (χ0v) is 16.8. The molecule has 0 aliphatic heterocycles. The molecule has 0 saturated heterocycles. The van der Waals surface area contributed by atoms with Crippen LogP contribution in [0.3, 0.4) is 0 Å². The molecule has 0 fully saturated rings. The molecule has 28 heavy (non-hydrogen) atoms. The first-order valence-electron chi connectivity index (χ1n) is 9.98. The summed E-state index contributed by atoms with van der Waals surface area (Å²) in [6.45, 7) is 7.78. The molecule has 2 aromatic heterocycles. The van der Waals surface area contributed by atoms with Gasteiger partial charge >= 0.3 is 0 Å². The average molecular weight is 377 g/mol. The number of rotatable bonds is 5. The van der Waals surface area contributed by atoms with Crippen LogP contribution in [-0.4, -0.2) is 31.5 Å². The van der Waals surface area contributed by atoms with E-state index in [0.717, 1.165) is 42.8 Å². The largest absolute Gasteiger partial charge is 0.349 e. The molecule has 6 nitrogen and oxygen atoms in total. The molecule has 0 bridgehead atoms. The van der Waals surface area contributed by atoms with Crippen molar-refractivity contribution in [1.82, 2.24) is 24.9 Å². The Balaban J connectivity index is 1.38. The number of nitrogens with zero attached hydrogens (tertiary/aromatic N) is 4. The normalized spacial score (nSPS) is 16.0. The fourth-order valence-electron chi connectivity index (χ4n) is 4.02. The molecule has 1 unspecified atom stereocenters. The fraction of sp³-hybridized carbons (Fsp3) is 0.409. The van der Waals surface area contributed by atoms with Gasteiger partial charge in [-0.1, -0.05) is 12.1 Å².